The van der Waals surface area contributed by atoms with E-state index in [0.717, 1.165) is 5.56 Å². The highest BCUT2D eigenvalue weighted by Gasteiger charge is 2.16. The van der Waals surface area contributed by atoms with Crippen molar-refractivity contribution in [1.29, 1.82) is 0 Å². The first kappa shape index (κ1) is 13.4. The van der Waals surface area contributed by atoms with Gasteiger partial charge in [0.05, 0.1) is 0 Å². The molecule has 0 radical (unpaired) electrons. The summed E-state index contributed by atoms with van der Waals surface area (Å²) < 4.78 is 10.4. The zero-order valence-corrected chi connectivity index (χ0v) is 11.6. The lowest BCUT2D eigenvalue weighted by Crippen LogP contribution is -2.34. The molecule has 21 heavy (non-hydrogen) atoms. The van der Waals surface area contributed by atoms with Crippen molar-refractivity contribution in [2.24, 2.45) is 0 Å². The molecule has 0 bridgehead atoms. The number of thiazole rings is 1. The molecule has 1 aromatic heterocycles. The van der Waals surface area contributed by atoms with Crippen LogP contribution >= 0.6 is 11.3 Å². The van der Waals surface area contributed by atoms with Crippen LogP contribution in [0.25, 0.3) is 0 Å². The summed E-state index contributed by atoms with van der Waals surface area (Å²) in [6, 6.07) is 5.33. The molecule has 0 unspecified atom stereocenters. The number of carbonyl (C=O) groups excluding carboxylic acids is 2. The maximum Gasteiger partial charge on any atom is 0.315 e. The van der Waals surface area contributed by atoms with Crippen LogP contribution in [0.4, 0.5) is 5.13 Å². The quantitative estimate of drug-likeness (QED) is 0.830. The van der Waals surface area contributed by atoms with Gasteiger partial charge in [-0.15, -0.1) is 11.3 Å². The third-order valence-electron chi connectivity index (χ3n) is 2.75. The summed E-state index contributed by atoms with van der Waals surface area (Å²) in [4.78, 5) is 27.2. The minimum absolute atomic E-state index is 0.196. The SMILES string of the molecule is O=C(NCc1ccc2c(c1)OCO2)C(=O)Nc1nccs1. The Morgan fingerprint density at radius 3 is 2.90 bits per heavy atom. The van der Waals surface area contributed by atoms with E-state index in [1.54, 1.807) is 29.8 Å². The van der Waals surface area contributed by atoms with Crippen LogP contribution < -0.4 is 20.1 Å². The monoisotopic (exact) mass is 305 g/mol. The number of hydrogen-bond acceptors (Lipinski definition) is 6. The Bertz CT molecular complexity index is 672. The fourth-order valence-corrected chi connectivity index (χ4v) is 2.28. The van der Waals surface area contributed by atoms with Gasteiger partial charge in [0.25, 0.3) is 0 Å². The molecule has 2 N–H and O–H groups in total. The van der Waals surface area contributed by atoms with Crippen LogP contribution in [0.15, 0.2) is 29.8 Å². The Morgan fingerprint density at radius 1 is 1.24 bits per heavy atom. The number of fused-ring (bicyclic) bond motifs is 1. The van der Waals surface area contributed by atoms with Gasteiger partial charge in [0.1, 0.15) is 0 Å². The van der Waals surface area contributed by atoms with Gasteiger partial charge in [-0.2, -0.15) is 0 Å². The van der Waals surface area contributed by atoms with Crippen molar-refractivity contribution < 1.29 is 19.1 Å². The van der Waals surface area contributed by atoms with Crippen molar-refractivity contribution in [1.82, 2.24) is 10.3 Å². The van der Waals surface area contributed by atoms with Crippen molar-refractivity contribution in [2.45, 2.75) is 6.54 Å². The van der Waals surface area contributed by atoms with E-state index in [2.05, 4.69) is 15.6 Å². The van der Waals surface area contributed by atoms with E-state index in [4.69, 9.17) is 9.47 Å². The molecule has 2 heterocycles. The van der Waals surface area contributed by atoms with Gasteiger partial charge in [-0.1, -0.05) is 6.07 Å². The standard InChI is InChI=1S/C13H11N3O4S/c17-11(12(18)16-13-14-3-4-21-13)15-6-8-1-2-9-10(5-8)20-7-19-9/h1-5H,6-7H2,(H,15,17)(H,14,16,18). The van der Waals surface area contributed by atoms with Gasteiger partial charge in [-0.05, 0) is 17.7 Å². The van der Waals surface area contributed by atoms with Gasteiger partial charge in [-0.3, -0.25) is 14.9 Å². The molecule has 1 aliphatic rings. The minimum atomic E-state index is -0.745. The summed E-state index contributed by atoms with van der Waals surface area (Å²) in [6.07, 6.45) is 1.55. The normalized spacial score (nSPS) is 12.0. The highest BCUT2D eigenvalue weighted by Crippen LogP contribution is 2.32. The Morgan fingerprint density at radius 2 is 2.10 bits per heavy atom. The molecule has 2 aromatic rings. The van der Waals surface area contributed by atoms with Crippen molar-refractivity contribution in [3.05, 3.63) is 35.3 Å². The number of carbonyl (C=O) groups is 2. The smallest absolute Gasteiger partial charge is 0.315 e. The second-order valence-corrected chi connectivity index (χ2v) is 5.06. The van der Waals surface area contributed by atoms with Crippen LogP contribution in [0.5, 0.6) is 11.5 Å². The van der Waals surface area contributed by atoms with Crippen molar-refractivity contribution in [3.63, 3.8) is 0 Å². The second kappa shape index (κ2) is 5.80. The molecular weight excluding hydrogens is 294 g/mol. The van der Waals surface area contributed by atoms with E-state index in [-0.39, 0.29) is 13.3 Å². The van der Waals surface area contributed by atoms with E-state index in [1.807, 2.05) is 0 Å². The second-order valence-electron chi connectivity index (χ2n) is 4.16. The predicted molar refractivity (Wildman–Crippen MR) is 75.2 cm³/mol. The minimum Gasteiger partial charge on any atom is -0.454 e. The molecule has 3 rings (SSSR count). The van der Waals surface area contributed by atoms with Gasteiger partial charge < -0.3 is 14.8 Å². The van der Waals surface area contributed by atoms with Gasteiger partial charge in [0, 0.05) is 18.1 Å². The highest BCUT2D eigenvalue weighted by atomic mass is 32.1. The van der Waals surface area contributed by atoms with Crippen molar-refractivity contribution >= 4 is 28.3 Å². The van der Waals surface area contributed by atoms with E-state index in [9.17, 15) is 9.59 Å². The fraction of sp³-hybridized carbons (Fsp3) is 0.154. The molecule has 0 saturated heterocycles. The molecule has 0 fully saturated rings. The lowest BCUT2D eigenvalue weighted by Gasteiger charge is -2.05. The van der Waals surface area contributed by atoms with E-state index < -0.39 is 11.8 Å². The molecular formula is C13H11N3O4S. The lowest BCUT2D eigenvalue weighted by atomic mass is 10.2. The van der Waals surface area contributed by atoms with Gasteiger partial charge >= 0.3 is 11.8 Å². The van der Waals surface area contributed by atoms with Crippen molar-refractivity contribution in [3.8, 4) is 11.5 Å². The summed E-state index contributed by atoms with van der Waals surface area (Å²) in [5.41, 5.74) is 0.814. The first-order valence-electron chi connectivity index (χ1n) is 6.09. The number of benzene rings is 1. The highest BCUT2D eigenvalue weighted by molar-refractivity contribution is 7.13. The lowest BCUT2D eigenvalue weighted by molar-refractivity contribution is -0.136. The largest absolute Gasteiger partial charge is 0.454 e. The molecule has 0 saturated carbocycles. The number of hydrogen-bond donors (Lipinski definition) is 2. The Kier molecular flexibility index (Phi) is 3.69. The molecule has 108 valence electrons. The van der Waals surface area contributed by atoms with Crippen LogP contribution in [-0.4, -0.2) is 23.6 Å². The van der Waals surface area contributed by atoms with Crippen LogP contribution in [0, 0.1) is 0 Å². The summed E-state index contributed by atoms with van der Waals surface area (Å²) in [5, 5.41) is 7.04. The zero-order valence-electron chi connectivity index (χ0n) is 10.8. The van der Waals surface area contributed by atoms with Crippen LogP contribution in [0.1, 0.15) is 5.56 Å². The number of aromatic nitrogens is 1. The molecule has 2 amide bonds. The number of amides is 2. The maximum atomic E-state index is 11.7. The molecule has 1 aromatic carbocycles. The third kappa shape index (κ3) is 3.11. The number of ether oxygens (including phenoxy) is 2. The van der Waals surface area contributed by atoms with E-state index in [0.29, 0.717) is 16.6 Å². The predicted octanol–water partition coefficient (Wildman–Crippen LogP) is 1.13. The average Bonchev–Trinajstić information content (AvgIpc) is 3.14. The maximum absolute atomic E-state index is 11.7. The van der Waals surface area contributed by atoms with Gasteiger partial charge in [0.15, 0.2) is 16.6 Å². The fourth-order valence-electron chi connectivity index (χ4n) is 1.75. The molecule has 8 heteroatoms. The molecule has 0 aliphatic carbocycles. The summed E-state index contributed by atoms with van der Waals surface area (Å²) in [7, 11) is 0. The first-order chi connectivity index (χ1) is 10.2. The van der Waals surface area contributed by atoms with Crippen molar-refractivity contribution in [2.75, 3.05) is 12.1 Å². The Balaban J connectivity index is 1.54. The Hall–Kier alpha value is -2.61. The number of anilines is 1. The van der Waals surface area contributed by atoms with Crippen LogP contribution in [0.2, 0.25) is 0 Å². The molecule has 0 spiro atoms. The number of rotatable bonds is 3. The average molecular weight is 305 g/mol. The topological polar surface area (TPSA) is 89.5 Å². The summed E-state index contributed by atoms with van der Waals surface area (Å²) in [6.45, 7) is 0.419. The summed E-state index contributed by atoms with van der Waals surface area (Å²) >= 11 is 1.24. The van der Waals surface area contributed by atoms with Gasteiger partial charge in [0.2, 0.25) is 6.79 Å². The molecule has 7 nitrogen and oxygen atoms in total. The zero-order chi connectivity index (χ0) is 14.7. The number of nitrogens with one attached hydrogen (secondary N) is 2. The van der Waals surface area contributed by atoms with Gasteiger partial charge in [-0.25, -0.2) is 4.98 Å². The number of nitrogens with zero attached hydrogens (tertiary/aromatic N) is 1. The Labute approximate surface area is 123 Å². The van der Waals surface area contributed by atoms with Crippen LogP contribution in [-0.2, 0) is 16.1 Å². The molecule has 1 aliphatic heterocycles. The van der Waals surface area contributed by atoms with E-state index >= 15 is 0 Å². The van der Waals surface area contributed by atoms with E-state index in [1.165, 1.54) is 11.3 Å². The third-order valence-corrected chi connectivity index (χ3v) is 3.44. The first-order valence-corrected chi connectivity index (χ1v) is 6.97. The summed E-state index contributed by atoms with van der Waals surface area (Å²) in [5.74, 6) is -0.158. The molecule has 0 atom stereocenters. The van der Waals surface area contributed by atoms with Crippen LogP contribution in [0.3, 0.4) is 0 Å².